The SMILES string of the molecule is CC(C)(C)OC(=O)CC[C@H](N)C(=O)NCC(=O)NCC(=O)NCC(=O)NCCOCCOCCOCCOCCOCCOCCOCCOCCC(=O)OCc1ccccc1. The molecule has 0 unspecified atom stereocenters. The van der Waals surface area contributed by atoms with E-state index < -0.39 is 54.3 Å². The number of esters is 2. The van der Waals surface area contributed by atoms with Gasteiger partial charge in [-0.15, -0.1) is 0 Å². The fourth-order valence-corrected chi connectivity index (χ4v) is 4.51. The topological polar surface area (TPSA) is 269 Å². The standard InChI is InChI=1S/C41H69N5O16/c1-41(2,3)62-39(51)10-9-34(42)40(52)46-31-37(49)45-30-36(48)44-29-35(47)43-12-14-54-16-18-56-20-22-58-24-26-60-28-27-59-25-23-57-21-19-55-17-15-53-13-11-38(50)61-32-33-7-5-4-6-8-33/h4-8,34H,9-32,42H2,1-3H3,(H,43,47)(H,44,48)(H,45,49)(H,46,52)/t34-/m0/s1. The van der Waals surface area contributed by atoms with Crippen LogP contribution in [0.5, 0.6) is 0 Å². The van der Waals surface area contributed by atoms with Crippen LogP contribution in [0, 0.1) is 0 Å². The third-order valence-electron chi connectivity index (χ3n) is 7.60. The molecule has 0 aliphatic rings. The van der Waals surface area contributed by atoms with Crippen molar-refractivity contribution in [2.45, 2.75) is 58.3 Å². The molecular weight excluding hydrogens is 818 g/mol. The number of ether oxygens (including phenoxy) is 10. The van der Waals surface area contributed by atoms with Crippen molar-refractivity contribution >= 4 is 35.6 Å². The Kier molecular flexibility index (Phi) is 33.5. The van der Waals surface area contributed by atoms with Crippen molar-refractivity contribution in [3.8, 4) is 0 Å². The molecule has 0 saturated heterocycles. The number of carbonyl (C=O) groups excluding carboxylic acids is 6. The predicted octanol–water partition coefficient (Wildman–Crippen LogP) is -0.833. The van der Waals surface area contributed by atoms with Crippen LogP contribution in [0.2, 0.25) is 0 Å². The molecule has 0 heterocycles. The van der Waals surface area contributed by atoms with E-state index in [9.17, 15) is 28.8 Å². The highest BCUT2D eigenvalue weighted by molar-refractivity contribution is 5.90. The molecule has 6 N–H and O–H groups in total. The van der Waals surface area contributed by atoms with Gasteiger partial charge in [-0.1, -0.05) is 30.3 Å². The molecule has 4 amide bonds. The first-order valence-corrected chi connectivity index (χ1v) is 20.7. The van der Waals surface area contributed by atoms with Crippen molar-refractivity contribution in [2.24, 2.45) is 5.73 Å². The Morgan fingerprint density at radius 2 is 0.919 bits per heavy atom. The van der Waals surface area contributed by atoms with Gasteiger partial charge in [0.15, 0.2) is 0 Å². The smallest absolute Gasteiger partial charge is 0.308 e. The Labute approximate surface area is 364 Å². The minimum Gasteiger partial charge on any atom is -0.461 e. The lowest BCUT2D eigenvalue weighted by molar-refractivity contribution is -0.155. The van der Waals surface area contributed by atoms with Crippen LogP contribution in [0.4, 0.5) is 0 Å². The van der Waals surface area contributed by atoms with Gasteiger partial charge in [0.1, 0.15) is 12.2 Å². The monoisotopic (exact) mass is 887 g/mol. The second kappa shape index (κ2) is 37.3. The predicted molar refractivity (Wildman–Crippen MR) is 223 cm³/mol. The van der Waals surface area contributed by atoms with Gasteiger partial charge >= 0.3 is 11.9 Å². The molecule has 1 aromatic carbocycles. The zero-order valence-electron chi connectivity index (χ0n) is 36.5. The molecule has 0 radical (unpaired) electrons. The van der Waals surface area contributed by atoms with E-state index >= 15 is 0 Å². The summed E-state index contributed by atoms with van der Waals surface area (Å²) in [6, 6.07) is 8.48. The summed E-state index contributed by atoms with van der Waals surface area (Å²) in [7, 11) is 0. The number of hydrogen-bond acceptors (Lipinski definition) is 17. The highest BCUT2D eigenvalue weighted by atomic mass is 16.6. The first kappa shape index (κ1) is 55.7. The fourth-order valence-electron chi connectivity index (χ4n) is 4.51. The van der Waals surface area contributed by atoms with Crippen LogP contribution in [0.25, 0.3) is 0 Å². The van der Waals surface area contributed by atoms with Gasteiger partial charge in [0.05, 0.1) is 138 Å². The van der Waals surface area contributed by atoms with Gasteiger partial charge in [-0.05, 0) is 32.8 Å². The number of nitrogens with two attached hydrogens (primary N) is 1. The number of carbonyl (C=O) groups is 6. The molecule has 0 fully saturated rings. The summed E-state index contributed by atoms with van der Waals surface area (Å²) in [5, 5.41) is 9.62. The van der Waals surface area contributed by atoms with Crippen LogP contribution in [-0.4, -0.2) is 179 Å². The van der Waals surface area contributed by atoms with E-state index in [4.69, 9.17) is 53.1 Å². The first-order chi connectivity index (χ1) is 29.9. The van der Waals surface area contributed by atoms with Crippen LogP contribution < -0.4 is 27.0 Å². The summed E-state index contributed by atoms with van der Waals surface area (Å²) in [6.45, 7) is 10.7. The maximum Gasteiger partial charge on any atom is 0.308 e. The zero-order chi connectivity index (χ0) is 45.5. The van der Waals surface area contributed by atoms with Gasteiger partial charge in [-0.25, -0.2) is 0 Å². The minimum atomic E-state index is -1.01. The first-order valence-electron chi connectivity index (χ1n) is 20.7. The van der Waals surface area contributed by atoms with Crippen molar-refractivity contribution in [1.29, 1.82) is 0 Å². The Morgan fingerprint density at radius 3 is 1.37 bits per heavy atom. The Balaban J connectivity index is 1.78. The fraction of sp³-hybridized carbons (Fsp3) is 0.707. The molecule has 0 saturated carbocycles. The van der Waals surface area contributed by atoms with Crippen LogP contribution >= 0.6 is 0 Å². The largest absolute Gasteiger partial charge is 0.461 e. The van der Waals surface area contributed by atoms with Gasteiger partial charge in [-0.2, -0.15) is 0 Å². The summed E-state index contributed by atoms with van der Waals surface area (Å²) in [5.74, 6) is -3.10. The van der Waals surface area contributed by atoms with E-state index in [0.717, 1.165) is 5.56 Å². The lowest BCUT2D eigenvalue weighted by Gasteiger charge is -2.20. The van der Waals surface area contributed by atoms with Crippen molar-refractivity contribution in [1.82, 2.24) is 21.3 Å². The summed E-state index contributed by atoms with van der Waals surface area (Å²) in [5.41, 5.74) is 6.05. The lowest BCUT2D eigenvalue weighted by Crippen LogP contribution is -2.47. The van der Waals surface area contributed by atoms with Crippen molar-refractivity contribution in [2.75, 3.05) is 132 Å². The lowest BCUT2D eigenvalue weighted by atomic mass is 10.1. The average Bonchev–Trinajstić information content (AvgIpc) is 3.24. The van der Waals surface area contributed by atoms with E-state index in [-0.39, 0.29) is 58.1 Å². The third-order valence-corrected chi connectivity index (χ3v) is 7.60. The van der Waals surface area contributed by atoms with Crippen molar-refractivity contribution in [3.05, 3.63) is 35.9 Å². The quantitative estimate of drug-likeness (QED) is 0.0399. The highest BCUT2D eigenvalue weighted by Crippen LogP contribution is 2.09. The molecule has 0 aliphatic carbocycles. The molecule has 21 heteroatoms. The number of amides is 4. The molecule has 21 nitrogen and oxygen atoms in total. The van der Waals surface area contributed by atoms with Gasteiger partial charge in [0.2, 0.25) is 23.6 Å². The minimum absolute atomic E-state index is 0.0418. The number of benzene rings is 1. The molecule has 0 aliphatic heterocycles. The molecule has 1 aromatic rings. The van der Waals surface area contributed by atoms with Gasteiger partial charge in [0.25, 0.3) is 0 Å². The summed E-state index contributed by atoms with van der Waals surface area (Å²) >= 11 is 0. The van der Waals surface area contributed by atoms with Gasteiger partial charge in [0, 0.05) is 13.0 Å². The summed E-state index contributed by atoms with van der Waals surface area (Å²) < 4.78 is 53.9. The van der Waals surface area contributed by atoms with Gasteiger partial charge < -0.3 is 74.4 Å². The van der Waals surface area contributed by atoms with Crippen LogP contribution in [0.1, 0.15) is 45.6 Å². The number of nitrogens with one attached hydrogen (secondary N) is 4. The number of hydrogen-bond donors (Lipinski definition) is 5. The molecule has 1 rings (SSSR count). The van der Waals surface area contributed by atoms with Gasteiger partial charge in [-0.3, -0.25) is 28.8 Å². The maximum absolute atomic E-state index is 12.1. The van der Waals surface area contributed by atoms with Crippen molar-refractivity contribution < 1.29 is 76.1 Å². The van der Waals surface area contributed by atoms with Crippen LogP contribution in [0.15, 0.2) is 30.3 Å². The molecule has 1 atom stereocenters. The second-order valence-corrected chi connectivity index (χ2v) is 14.1. The number of rotatable bonds is 39. The molecule has 0 bridgehead atoms. The second-order valence-electron chi connectivity index (χ2n) is 14.1. The highest BCUT2D eigenvalue weighted by Gasteiger charge is 2.20. The molecule has 0 aromatic heterocycles. The van der Waals surface area contributed by atoms with Crippen molar-refractivity contribution in [3.63, 3.8) is 0 Å². The Bertz CT molecular complexity index is 1370. The Hall–Kier alpha value is -4.32. The average molecular weight is 888 g/mol. The molecular formula is C41H69N5O16. The molecule has 62 heavy (non-hydrogen) atoms. The van der Waals surface area contributed by atoms with E-state index in [1.807, 2.05) is 30.3 Å². The van der Waals surface area contributed by atoms with E-state index in [1.54, 1.807) is 20.8 Å². The normalized spacial score (nSPS) is 11.7. The zero-order valence-corrected chi connectivity index (χ0v) is 36.5. The summed E-state index contributed by atoms with van der Waals surface area (Å²) in [6.07, 6.45) is 0.180. The molecule has 0 spiro atoms. The maximum atomic E-state index is 12.1. The third kappa shape index (κ3) is 36.3. The van der Waals surface area contributed by atoms with Crippen LogP contribution in [-0.2, 0) is 82.7 Å². The van der Waals surface area contributed by atoms with Crippen LogP contribution in [0.3, 0.4) is 0 Å². The molecule has 354 valence electrons. The Morgan fingerprint density at radius 1 is 0.516 bits per heavy atom. The summed E-state index contributed by atoms with van der Waals surface area (Å²) in [4.78, 5) is 71.4. The van der Waals surface area contributed by atoms with E-state index in [2.05, 4.69) is 21.3 Å². The van der Waals surface area contributed by atoms with E-state index in [0.29, 0.717) is 92.5 Å². The van der Waals surface area contributed by atoms with E-state index in [1.165, 1.54) is 0 Å².